The molecule has 0 aliphatic rings. The van der Waals surface area contributed by atoms with Crippen molar-refractivity contribution in [1.29, 1.82) is 0 Å². The third kappa shape index (κ3) is 2.95. The van der Waals surface area contributed by atoms with Gasteiger partial charge in [0.2, 0.25) is 11.7 Å². The zero-order valence-corrected chi connectivity index (χ0v) is 12.8. The fourth-order valence-corrected chi connectivity index (χ4v) is 3.21. The molecule has 0 aliphatic carbocycles. The van der Waals surface area contributed by atoms with Gasteiger partial charge < -0.3 is 4.52 Å². The molecule has 104 valence electrons. The smallest absolute Gasteiger partial charge is 0.240 e. The summed E-state index contributed by atoms with van der Waals surface area (Å²) in [5, 5.41) is 12.4. The molecular formula is C13H14N4OS2. The Morgan fingerprint density at radius 3 is 2.95 bits per heavy atom. The van der Waals surface area contributed by atoms with Gasteiger partial charge in [-0.15, -0.1) is 22.7 Å². The van der Waals surface area contributed by atoms with Gasteiger partial charge >= 0.3 is 0 Å². The molecule has 0 aliphatic heterocycles. The van der Waals surface area contributed by atoms with Crippen LogP contribution in [0.15, 0.2) is 27.4 Å². The second kappa shape index (κ2) is 5.82. The fraction of sp³-hybridized carbons (Fsp3) is 0.308. The van der Waals surface area contributed by atoms with Gasteiger partial charge in [0.25, 0.3) is 0 Å². The van der Waals surface area contributed by atoms with E-state index in [4.69, 9.17) is 4.52 Å². The van der Waals surface area contributed by atoms with Crippen LogP contribution < -0.4 is 5.32 Å². The van der Waals surface area contributed by atoms with Crippen LogP contribution in [0, 0.1) is 6.92 Å². The van der Waals surface area contributed by atoms with Gasteiger partial charge in [-0.25, -0.2) is 4.98 Å². The molecule has 0 fully saturated rings. The Kier molecular flexibility index (Phi) is 3.90. The van der Waals surface area contributed by atoms with Crippen molar-refractivity contribution in [2.75, 3.05) is 0 Å². The number of hydrogen-bond acceptors (Lipinski definition) is 7. The summed E-state index contributed by atoms with van der Waals surface area (Å²) in [5.41, 5.74) is 1.05. The lowest BCUT2D eigenvalue weighted by Gasteiger charge is -2.08. The van der Waals surface area contributed by atoms with Gasteiger partial charge in [-0.2, -0.15) is 4.98 Å². The Labute approximate surface area is 124 Å². The standard InChI is InChI=1S/C13H14N4OS2/c1-8-7-20-13(15-8)9(2)14-6-11-16-12(17-18-11)10-4-3-5-19-10/h3-5,7,9,14H,6H2,1-2H3/t9-/m1/s1. The van der Waals surface area contributed by atoms with E-state index in [1.165, 1.54) is 0 Å². The van der Waals surface area contributed by atoms with Gasteiger partial charge in [0, 0.05) is 11.1 Å². The van der Waals surface area contributed by atoms with Crippen LogP contribution in [0.4, 0.5) is 0 Å². The Bertz CT molecular complexity index is 674. The fourth-order valence-electron chi connectivity index (χ4n) is 1.73. The number of thiophene rings is 1. The zero-order valence-electron chi connectivity index (χ0n) is 11.2. The predicted molar refractivity (Wildman–Crippen MR) is 79.7 cm³/mol. The maximum absolute atomic E-state index is 5.25. The van der Waals surface area contributed by atoms with Crippen LogP contribution in [0.3, 0.4) is 0 Å². The molecule has 1 atom stereocenters. The van der Waals surface area contributed by atoms with Crippen molar-refractivity contribution in [2.24, 2.45) is 0 Å². The molecule has 3 heterocycles. The minimum Gasteiger partial charge on any atom is -0.338 e. The molecule has 0 saturated carbocycles. The minimum atomic E-state index is 0.172. The second-order valence-corrected chi connectivity index (χ2v) is 6.26. The molecule has 0 spiro atoms. The number of nitrogens with zero attached hydrogens (tertiary/aromatic N) is 3. The third-order valence-electron chi connectivity index (χ3n) is 2.78. The first kappa shape index (κ1) is 13.4. The molecule has 0 unspecified atom stereocenters. The number of rotatable bonds is 5. The average Bonchev–Trinajstić information content (AvgIpc) is 3.16. The van der Waals surface area contributed by atoms with Crippen LogP contribution in [0.5, 0.6) is 0 Å². The van der Waals surface area contributed by atoms with Crippen molar-refractivity contribution in [3.8, 4) is 10.7 Å². The van der Waals surface area contributed by atoms with Gasteiger partial charge in [-0.1, -0.05) is 11.2 Å². The highest BCUT2D eigenvalue weighted by Gasteiger charge is 2.12. The van der Waals surface area contributed by atoms with Gasteiger partial charge in [0.1, 0.15) is 5.01 Å². The van der Waals surface area contributed by atoms with Crippen LogP contribution in [0.25, 0.3) is 10.7 Å². The van der Waals surface area contributed by atoms with Crippen molar-refractivity contribution >= 4 is 22.7 Å². The van der Waals surface area contributed by atoms with E-state index in [0.29, 0.717) is 18.3 Å². The molecule has 3 aromatic rings. The van der Waals surface area contributed by atoms with Crippen molar-refractivity contribution in [3.63, 3.8) is 0 Å². The van der Waals surface area contributed by atoms with Crippen LogP contribution in [-0.2, 0) is 6.54 Å². The zero-order chi connectivity index (χ0) is 13.9. The average molecular weight is 306 g/mol. The van der Waals surface area contributed by atoms with Gasteiger partial charge in [0.15, 0.2) is 0 Å². The highest BCUT2D eigenvalue weighted by Crippen LogP contribution is 2.22. The minimum absolute atomic E-state index is 0.172. The van der Waals surface area contributed by atoms with Gasteiger partial charge in [-0.3, -0.25) is 5.32 Å². The lowest BCUT2D eigenvalue weighted by molar-refractivity contribution is 0.360. The maximum Gasteiger partial charge on any atom is 0.240 e. The quantitative estimate of drug-likeness (QED) is 0.782. The van der Waals surface area contributed by atoms with E-state index in [1.54, 1.807) is 22.7 Å². The summed E-state index contributed by atoms with van der Waals surface area (Å²) < 4.78 is 5.25. The molecule has 3 rings (SSSR count). The largest absolute Gasteiger partial charge is 0.338 e. The Hall–Kier alpha value is -1.57. The molecular weight excluding hydrogens is 292 g/mol. The molecule has 0 radical (unpaired) electrons. The van der Waals surface area contributed by atoms with Crippen molar-refractivity contribution < 1.29 is 4.52 Å². The topological polar surface area (TPSA) is 63.8 Å². The van der Waals surface area contributed by atoms with E-state index >= 15 is 0 Å². The number of nitrogens with one attached hydrogen (secondary N) is 1. The van der Waals surface area contributed by atoms with Crippen LogP contribution >= 0.6 is 22.7 Å². The first-order valence-corrected chi connectivity index (χ1v) is 8.00. The molecule has 0 aromatic carbocycles. The molecule has 1 N–H and O–H groups in total. The summed E-state index contributed by atoms with van der Waals surface area (Å²) in [6, 6.07) is 4.13. The Morgan fingerprint density at radius 2 is 2.25 bits per heavy atom. The van der Waals surface area contributed by atoms with Crippen molar-refractivity contribution in [1.82, 2.24) is 20.4 Å². The lowest BCUT2D eigenvalue weighted by Crippen LogP contribution is -2.18. The summed E-state index contributed by atoms with van der Waals surface area (Å²) in [7, 11) is 0. The number of aryl methyl sites for hydroxylation is 1. The summed E-state index contributed by atoms with van der Waals surface area (Å²) in [6.07, 6.45) is 0. The molecule has 0 amide bonds. The predicted octanol–water partition coefficient (Wildman–Crippen LogP) is 3.41. The Morgan fingerprint density at radius 1 is 1.35 bits per heavy atom. The number of hydrogen-bond donors (Lipinski definition) is 1. The van der Waals surface area contributed by atoms with E-state index in [9.17, 15) is 0 Å². The van der Waals surface area contributed by atoms with E-state index in [2.05, 4.69) is 32.7 Å². The van der Waals surface area contributed by atoms with E-state index < -0.39 is 0 Å². The van der Waals surface area contributed by atoms with E-state index in [0.717, 1.165) is 15.6 Å². The summed E-state index contributed by atoms with van der Waals surface area (Å²) in [5.74, 6) is 1.24. The number of aromatic nitrogens is 3. The third-order valence-corrected chi connectivity index (χ3v) is 4.79. The van der Waals surface area contributed by atoms with Crippen molar-refractivity contribution in [3.05, 3.63) is 39.5 Å². The number of thiazole rings is 1. The highest BCUT2D eigenvalue weighted by molar-refractivity contribution is 7.13. The van der Waals surface area contributed by atoms with Crippen LogP contribution in [0.1, 0.15) is 29.6 Å². The summed E-state index contributed by atoms with van der Waals surface area (Å²) >= 11 is 3.26. The molecule has 0 bridgehead atoms. The van der Waals surface area contributed by atoms with Crippen LogP contribution in [-0.4, -0.2) is 15.1 Å². The highest BCUT2D eigenvalue weighted by atomic mass is 32.1. The normalized spacial score (nSPS) is 12.7. The molecule has 20 heavy (non-hydrogen) atoms. The lowest BCUT2D eigenvalue weighted by atomic mass is 10.3. The molecule has 7 heteroatoms. The maximum atomic E-state index is 5.25. The van der Waals surface area contributed by atoms with Crippen LogP contribution in [0.2, 0.25) is 0 Å². The van der Waals surface area contributed by atoms with E-state index in [1.807, 2.05) is 24.4 Å². The van der Waals surface area contributed by atoms with E-state index in [-0.39, 0.29) is 6.04 Å². The molecule has 5 nitrogen and oxygen atoms in total. The molecule has 0 saturated heterocycles. The van der Waals surface area contributed by atoms with Gasteiger partial charge in [-0.05, 0) is 25.3 Å². The second-order valence-electron chi connectivity index (χ2n) is 4.42. The Balaban J connectivity index is 1.61. The monoisotopic (exact) mass is 306 g/mol. The van der Waals surface area contributed by atoms with Crippen molar-refractivity contribution in [2.45, 2.75) is 26.4 Å². The summed E-state index contributed by atoms with van der Waals surface area (Å²) in [6.45, 7) is 4.62. The summed E-state index contributed by atoms with van der Waals surface area (Å²) in [4.78, 5) is 9.85. The SMILES string of the molecule is Cc1csc([C@@H](C)NCc2nc(-c3cccs3)no2)n1. The first-order chi connectivity index (χ1) is 9.72. The first-order valence-electron chi connectivity index (χ1n) is 6.24. The molecule has 3 aromatic heterocycles. The van der Waals surface area contributed by atoms with Gasteiger partial charge in [0.05, 0.1) is 17.5 Å².